The molecule has 0 aromatic carbocycles. The number of hydrogen-bond acceptors (Lipinski definition) is 5. The van der Waals surface area contributed by atoms with Crippen LogP contribution in [0.2, 0.25) is 0 Å². The van der Waals surface area contributed by atoms with Gasteiger partial charge in [-0.1, -0.05) is 18.9 Å². The molecule has 0 aliphatic heterocycles. The largest absolute Gasteiger partial charge is 0.391 e. The summed E-state index contributed by atoms with van der Waals surface area (Å²) in [5, 5.41) is 10.0. The fourth-order valence-corrected chi connectivity index (χ4v) is 2.63. The first-order chi connectivity index (χ1) is 8.70. The lowest BCUT2D eigenvalue weighted by Gasteiger charge is -2.35. The zero-order valence-corrected chi connectivity index (χ0v) is 10.8. The van der Waals surface area contributed by atoms with Crippen LogP contribution >= 0.6 is 0 Å². The summed E-state index contributed by atoms with van der Waals surface area (Å²) in [6.45, 7) is 0.733. The molecule has 2 rings (SSSR count). The van der Waals surface area contributed by atoms with Crippen molar-refractivity contribution >= 4 is 5.82 Å². The lowest BCUT2D eigenvalue weighted by Crippen LogP contribution is -2.43. The van der Waals surface area contributed by atoms with Crippen molar-refractivity contribution in [3.8, 4) is 0 Å². The molecule has 0 spiro atoms. The summed E-state index contributed by atoms with van der Waals surface area (Å²) in [6.07, 6.45) is 4.10. The summed E-state index contributed by atoms with van der Waals surface area (Å²) in [6, 6.07) is 5.99. The van der Waals surface area contributed by atoms with E-state index < -0.39 is 0 Å². The van der Waals surface area contributed by atoms with Crippen molar-refractivity contribution in [2.24, 2.45) is 5.84 Å². The smallest absolute Gasteiger partial charge is 0.140 e. The van der Waals surface area contributed by atoms with E-state index in [0.29, 0.717) is 5.82 Å². The fraction of sp³-hybridized carbons (Fsp3) is 0.615. The van der Waals surface area contributed by atoms with E-state index in [0.717, 1.165) is 31.5 Å². The Hall–Kier alpha value is -1.17. The quantitative estimate of drug-likeness (QED) is 0.551. The monoisotopic (exact) mass is 250 g/mol. The maximum Gasteiger partial charge on any atom is 0.140 e. The van der Waals surface area contributed by atoms with Gasteiger partial charge in [0.05, 0.1) is 11.8 Å². The van der Waals surface area contributed by atoms with Gasteiger partial charge in [-0.05, 0) is 32.0 Å². The topological polar surface area (TPSA) is 74.4 Å². The molecule has 100 valence electrons. The molecule has 1 aromatic rings. The molecular formula is C13H22N4O. The minimum Gasteiger partial charge on any atom is -0.391 e. The van der Waals surface area contributed by atoms with Gasteiger partial charge >= 0.3 is 0 Å². The highest BCUT2D eigenvalue weighted by atomic mass is 16.3. The van der Waals surface area contributed by atoms with Gasteiger partial charge in [-0.2, -0.15) is 0 Å². The fourth-order valence-electron chi connectivity index (χ4n) is 2.63. The van der Waals surface area contributed by atoms with Crippen LogP contribution < -0.4 is 11.3 Å². The number of anilines is 1. The molecule has 2 unspecified atom stereocenters. The Morgan fingerprint density at radius 3 is 2.94 bits per heavy atom. The van der Waals surface area contributed by atoms with Crippen molar-refractivity contribution in [1.29, 1.82) is 0 Å². The van der Waals surface area contributed by atoms with Gasteiger partial charge in [0.25, 0.3) is 0 Å². The van der Waals surface area contributed by atoms with E-state index in [1.165, 1.54) is 6.42 Å². The van der Waals surface area contributed by atoms with Crippen LogP contribution in [0.5, 0.6) is 0 Å². The van der Waals surface area contributed by atoms with Crippen molar-refractivity contribution in [3.05, 3.63) is 23.9 Å². The number of aliphatic hydroxyl groups excluding tert-OH is 1. The van der Waals surface area contributed by atoms with E-state index in [9.17, 15) is 5.11 Å². The molecule has 5 heteroatoms. The van der Waals surface area contributed by atoms with Crippen LogP contribution in [-0.4, -0.2) is 34.2 Å². The Bertz CT molecular complexity index is 385. The minimum atomic E-state index is -0.209. The number of nitrogens with one attached hydrogen (secondary N) is 1. The van der Waals surface area contributed by atoms with Crippen LogP contribution in [0.15, 0.2) is 18.2 Å². The van der Waals surface area contributed by atoms with Crippen LogP contribution in [0.3, 0.4) is 0 Å². The first-order valence-corrected chi connectivity index (χ1v) is 6.51. The summed E-state index contributed by atoms with van der Waals surface area (Å²) in [4.78, 5) is 6.58. The van der Waals surface area contributed by atoms with E-state index in [4.69, 9.17) is 5.84 Å². The van der Waals surface area contributed by atoms with E-state index in [1.54, 1.807) is 0 Å². The van der Waals surface area contributed by atoms with E-state index in [2.05, 4.69) is 15.3 Å². The van der Waals surface area contributed by atoms with Crippen LogP contribution in [0, 0.1) is 0 Å². The molecule has 1 aliphatic carbocycles. The van der Waals surface area contributed by atoms with Gasteiger partial charge in [0.15, 0.2) is 0 Å². The second-order valence-electron chi connectivity index (χ2n) is 4.99. The number of hydrogen-bond donors (Lipinski definition) is 3. The number of rotatable bonds is 4. The third kappa shape index (κ3) is 3.19. The molecule has 5 nitrogen and oxygen atoms in total. The highest BCUT2D eigenvalue weighted by Crippen LogP contribution is 2.23. The average molecular weight is 250 g/mol. The molecule has 4 N–H and O–H groups in total. The number of pyridine rings is 1. The normalized spacial score (nSPS) is 24.2. The van der Waals surface area contributed by atoms with Gasteiger partial charge in [0, 0.05) is 12.6 Å². The Kier molecular flexibility index (Phi) is 4.52. The zero-order chi connectivity index (χ0) is 13.0. The predicted molar refractivity (Wildman–Crippen MR) is 71.8 cm³/mol. The summed E-state index contributed by atoms with van der Waals surface area (Å²) < 4.78 is 0. The number of nitrogens with zero attached hydrogens (tertiary/aromatic N) is 2. The van der Waals surface area contributed by atoms with Crippen molar-refractivity contribution < 1.29 is 5.11 Å². The average Bonchev–Trinajstić information content (AvgIpc) is 2.39. The van der Waals surface area contributed by atoms with Crippen molar-refractivity contribution in [2.45, 2.75) is 44.4 Å². The Morgan fingerprint density at radius 1 is 1.44 bits per heavy atom. The first-order valence-electron chi connectivity index (χ1n) is 6.51. The number of nitrogens with two attached hydrogens (primary N) is 1. The van der Waals surface area contributed by atoms with Gasteiger partial charge < -0.3 is 10.5 Å². The molecule has 1 aromatic heterocycles. The number of hydrazine groups is 1. The number of aliphatic hydroxyl groups is 1. The summed E-state index contributed by atoms with van der Waals surface area (Å²) in [7, 11) is 2.05. The van der Waals surface area contributed by atoms with E-state index >= 15 is 0 Å². The van der Waals surface area contributed by atoms with Gasteiger partial charge in [0.2, 0.25) is 0 Å². The van der Waals surface area contributed by atoms with Gasteiger partial charge in [-0.25, -0.2) is 10.8 Å². The molecule has 0 amide bonds. The molecule has 0 saturated heterocycles. The SMILES string of the molecule is CN(Cc1cccc(NN)n1)C1CCCCC1O. The third-order valence-electron chi connectivity index (χ3n) is 3.63. The first kappa shape index (κ1) is 13.3. The molecule has 0 bridgehead atoms. The Labute approximate surface area is 108 Å². The molecule has 1 aliphatic rings. The number of likely N-dealkylation sites (N-methyl/N-ethyl adjacent to an activating group) is 1. The molecule has 18 heavy (non-hydrogen) atoms. The zero-order valence-electron chi connectivity index (χ0n) is 10.8. The standard InChI is InChI=1S/C13H22N4O/c1-17(11-6-2-3-7-12(11)18)9-10-5-4-8-13(15-10)16-14/h4-5,8,11-12,18H,2-3,6-7,9,14H2,1H3,(H,15,16). The Morgan fingerprint density at radius 2 is 2.22 bits per heavy atom. The lowest BCUT2D eigenvalue weighted by atomic mass is 9.91. The number of aromatic nitrogens is 1. The van der Waals surface area contributed by atoms with Gasteiger partial charge in [0.1, 0.15) is 5.82 Å². The third-order valence-corrected chi connectivity index (χ3v) is 3.63. The second-order valence-corrected chi connectivity index (χ2v) is 4.99. The van der Waals surface area contributed by atoms with E-state index in [1.807, 2.05) is 25.2 Å². The maximum absolute atomic E-state index is 10.0. The molecule has 2 atom stereocenters. The Balaban J connectivity index is 1.98. The van der Waals surface area contributed by atoms with Crippen LogP contribution in [-0.2, 0) is 6.54 Å². The van der Waals surface area contributed by atoms with Crippen LogP contribution in [0.25, 0.3) is 0 Å². The molecule has 0 radical (unpaired) electrons. The molecular weight excluding hydrogens is 228 g/mol. The number of nitrogen functional groups attached to an aromatic ring is 1. The highest BCUT2D eigenvalue weighted by Gasteiger charge is 2.26. The molecule has 1 heterocycles. The predicted octanol–water partition coefficient (Wildman–Crippen LogP) is 1.10. The highest BCUT2D eigenvalue weighted by molar-refractivity contribution is 5.33. The van der Waals surface area contributed by atoms with Crippen LogP contribution in [0.1, 0.15) is 31.4 Å². The minimum absolute atomic E-state index is 0.209. The summed E-state index contributed by atoms with van der Waals surface area (Å²) in [5.41, 5.74) is 3.51. The summed E-state index contributed by atoms with van der Waals surface area (Å²) in [5.74, 6) is 6.02. The van der Waals surface area contributed by atoms with Gasteiger partial charge in [-0.15, -0.1) is 0 Å². The lowest BCUT2D eigenvalue weighted by molar-refractivity contribution is 0.0284. The molecule has 1 fully saturated rings. The summed E-state index contributed by atoms with van der Waals surface area (Å²) >= 11 is 0. The van der Waals surface area contributed by atoms with Crippen molar-refractivity contribution in [1.82, 2.24) is 9.88 Å². The second kappa shape index (κ2) is 6.13. The van der Waals surface area contributed by atoms with E-state index in [-0.39, 0.29) is 12.1 Å². The van der Waals surface area contributed by atoms with Gasteiger partial charge in [-0.3, -0.25) is 4.90 Å². The maximum atomic E-state index is 10.0. The molecule has 1 saturated carbocycles. The van der Waals surface area contributed by atoms with Crippen molar-refractivity contribution in [3.63, 3.8) is 0 Å². The van der Waals surface area contributed by atoms with Crippen molar-refractivity contribution in [2.75, 3.05) is 12.5 Å². The van der Waals surface area contributed by atoms with Crippen LogP contribution in [0.4, 0.5) is 5.82 Å².